The molecule has 0 aliphatic carbocycles. The van der Waals surface area contributed by atoms with Crippen LogP contribution < -0.4 is 5.32 Å². The molecule has 1 aromatic rings. The summed E-state index contributed by atoms with van der Waals surface area (Å²) in [7, 11) is 0. The fourth-order valence-electron chi connectivity index (χ4n) is 1.67. The van der Waals surface area contributed by atoms with Crippen LogP contribution in [0.15, 0.2) is 36.0 Å². The molecule has 2 nitrogen and oxygen atoms in total. The van der Waals surface area contributed by atoms with Gasteiger partial charge in [0.1, 0.15) is 0 Å². The molecule has 0 radical (unpaired) electrons. The lowest BCUT2D eigenvalue weighted by Crippen LogP contribution is -2.30. The highest BCUT2D eigenvalue weighted by molar-refractivity contribution is 5.10. The number of aromatic nitrogens is 1. The fourth-order valence-corrected chi connectivity index (χ4v) is 1.67. The Morgan fingerprint density at radius 1 is 1.44 bits per heavy atom. The molecule has 0 fully saturated rings. The van der Waals surface area contributed by atoms with Gasteiger partial charge in [0.05, 0.1) is 0 Å². The van der Waals surface area contributed by atoms with E-state index in [-0.39, 0.29) is 0 Å². The number of nitrogens with one attached hydrogen (secondary N) is 1. The lowest BCUT2D eigenvalue weighted by Gasteiger charge is -2.14. The van der Waals surface area contributed by atoms with E-state index in [4.69, 9.17) is 0 Å². The van der Waals surface area contributed by atoms with E-state index in [1.54, 1.807) is 0 Å². The molecule has 1 heterocycles. The van der Waals surface area contributed by atoms with Crippen molar-refractivity contribution in [1.82, 2.24) is 10.3 Å². The number of rotatable bonds is 6. The first kappa shape index (κ1) is 12.9. The van der Waals surface area contributed by atoms with E-state index in [1.807, 2.05) is 18.3 Å². The second kappa shape index (κ2) is 7.18. The van der Waals surface area contributed by atoms with Gasteiger partial charge in [0.15, 0.2) is 0 Å². The molecule has 0 saturated heterocycles. The minimum atomic E-state index is 0.403. The van der Waals surface area contributed by atoms with Crippen molar-refractivity contribution in [1.29, 1.82) is 0 Å². The third kappa shape index (κ3) is 5.08. The minimum Gasteiger partial charge on any atom is -0.310 e. The Morgan fingerprint density at radius 3 is 2.81 bits per heavy atom. The van der Waals surface area contributed by atoms with Crippen LogP contribution in [0.2, 0.25) is 0 Å². The maximum atomic E-state index is 4.36. The number of nitrogens with zero attached hydrogens (tertiary/aromatic N) is 1. The molecule has 0 bridgehead atoms. The van der Waals surface area contributed by atoms with Crippen LogP contribution in [0, 0.1) is 0 Å². The molecule has 1 aromatic heterocycles. The molecule has 0 aromatic carbocycles. The summed E-state index contributed by atoms with van der Waals surface area (Å²) in [6.07, 6.45) is 6.26. The maximum Gasteiger partial charge on any atom is 0.0422 e. The molecule has 0 saturated carbocycles. The van der Waals surface area contributed by atoms with Gasteiger partial charge < -0.3 is 5.32 Å². The summed E-state index contributed by atoms with van der Waals surface area (Å²) in [4.78, 5) is 4.36. The lowest BCUT2D eigenvalue weighted by atomic mass is 10.1. The average molecular weight is 218 g/mol. The summed E-state index contributed by atoms with van der Waals surface area (Å²) in [5.74, 6) is 0. The third-order valence-corrected chi connectivity index (χ3v) is 2.35. The van der Waals surface area contributed by atoms with Gasteiger partial charge in [0.25, 0.3) is 0 Å². The number of allylic oxidation sites excluding steroid dienone is 1. The highest BCUT2D eigenvalue weighted by Crippen LogP contribution is 2.03. The van der Waals surface area contributed by atoms with Gasteiger partial charge in [-0.2, -0.15) is 0 Å². The van der Waals surface area contributed by atoms with Crippen LogP contribution in [0.4, 0.5) is 0 Å². The zero-order chi connectivity index (χ0) is 11.8. The average Bonchev–Trinajstić information content (AvgIpc) is 2.26. The summed E-state index contributed by atoms with van der Waals surface area (Å²) in [5, 5.41) is 3.53. The standard InChI is InChI=1S/C14H22N2/c1-4-8-15-14(10-12(2)3)11-13-7-5-6-9-16-13/h5-7,9-10,14-15H,4,8,11H2,1-3H3. The van der Waals surface area contributed by atoms with E-state index in [1.165, 1.54) is 5.57 Å². The smallest absolute Gasteiger partial charge is 0.0422 e. The van der Waals surface area contributed by atoms with Gasteiger partial charge in [-0.25, -0.2) is 0 Å². The van der Waals surface area contributed by atoms with Crippen molar-refractivity contribution in [3.05, 3.63) is 41.7 Å². The van der Waals surface area contributed by atoms with E-state index in [9.17, 15) is 0 Å². The van der Waals surface area contributed by atoms with Crippen LogP contribution in [0.5, 0.6) is 0 Å². The van der Waals surface area contributed by atoms with Crippen LogP contribution in [0.3, 0.4) is 0 Å². The van der Waals surface area contributed by atoms with Crippen molar-refractivity contribution in [2.45, 2.75) is 39.7 Å². The van der Waals surface area contributed by atoms with E-state index in [2.05, 4.69) is 43.2 Å². The number of pyridine rings is 1. The van der Waals surface area contributed by atoms with Gasteiger partial charge in [0, 0.05) is 24.4 Å². The highest BCUT2D eigenvalue weighted by Gasteiger charge is 2.05. The first-order valence-electron chi connectivity index (χ1n) is 6.00. The highest BCUT2D eigenvalue weighted by atomic mass is 14.9. The van der Waals surface area contributed by atoms with Crippen molar-refractivity contribution in [3.63, 3.8) is 0 Å². The molecule has 0 amide bonds. The van der Waals surface area contributed by atoms with Crippen LogP contribution in [0.1, 0.15) is 32.9 Å². The molecule has 2 heteroatoms. The topological polar surface area (TPSA) is 24.9 Å². The quantitative estimate of drug-likeness (QED) is 0.743. The first-order valence-corrected chi connectivity index (χ1v) is 6.00. The zero-order valence-corrected chi connectivity index (χ0v) is 10.5. The van der Waals surface area contributed by atoms with Crippen molar-refractivity contribution in [2.24, 2.45) is 0 Å². The van der Waals surface area contributed by atoms with Crippen LogP contribution in [-0.4, -0.2) is 17.6 Å². The summed E-state index contributed by atoms with van der Waals surface area (Å²) < 4.78 is 0. The normalized spacial score (nSPS) is 12.2. The van der Waals surface area contributed by atoms with E-state index >= 15 is 0 Å². The predicted octanol–water partition coefficient (Wildman–Crippen LogP) is 2.96. The van der Waals surface area contributed by atoms with Gasteiger partial charge >= 0.3 is 0 Å². The Balaban J connectivity index is 2.59. The Morgan fingerprint density at radius 2 is 2.25 bits per heavy atom. The van der Waals surface area contributed by atoms with E-state index < -0.39 is 0 Å². The molecule has 0 aliphatic rings. The summed E-state index contributed by atoms with van der Waals surface area (Å²) in [6.45, 7) is 7.52. The summed E-state index contributed by atoms with van der Waals surface area (Å²) >= 11 is 0. The SMILES string of the molecule is CCCNC(C=C(C)C)Cc1ccccn1. The second-order valence-electron chi connectivity index (χ2n) is 4.33. The van der Waals surface area contributed by atoms with Gasteiger partial charge in [-0.15, -0.1) is 0 Å². The van der Waals surface area contributed by atoms with E-state index in [0.29, 0.717) is 6.04 Å². The molecule has 1 rings (SSSR count). The minimum absolute atomic E-state index is 0.403. The maximum absolute atomic E-state index is 4.36. The first-order chi connectivity index (χ1) is 7.72. The molecule has 1 atom stereocenters. The predicted molar refractivity (Wildman–Crippen MR) is 69.5 cm³/mol. The summed E-state index contributed by atoms with van der Waals surface area (Å²) in [5.41, 5.74) is 2.50. The number of hydrogen-bond acceptors (Lipinski definition) is 2. The molecular weight excluding hydrogens is 196 g/mol. The largest absolute Gasteiger partial charge is 0.310 e. The Bertz CT molecular complexity index is 313. The van der Waals surface area contributed by atoms with Gasteiger partial charge in [-0.3, -0.25) is 4.98 Å². The molecule has 1 N–H and O–H groups in total. The Kier molecular flexibility index (Phi) is 5.79. The van der Waals surface area contributed by atoms with E-state index in [0.717, 1.165) is 25.1 Å². The van der Waals surface area contributed by atoms with Crippen molar-refractivity contribution in [2.75, 3.05) is 6.54 Å². The monoisotopic (exact) mass is 218 g/mol. The fraction of sp³-hybridized carbons (Fsp3) is 0.500. The molecule has 0 spiro atoms. The van der Waals surface area contributed by atoms with Crippen LogP contribution in [0.25, 0.3) is 0 Å². The molecule has 0 aliphatic heterocycles. The molecule has 1 unspecified atom stereocenters. The van der Waals surface area contributed by atoms with Crippen molar-refractivity contribution < 1.29 is 0 Å². The lowest BCUT2D eigenvalue weighted by molar-refractivity contribution is 0.577. The van der Waals surface area contributed by atoms with Gasteiger partial charge in [-0.1, -0.05) is 24.6 Å². The van der Waals surface area contributed by atoms with Gasteiger partial charge in [-0.05, 0) is 38.9 Å². The Hall–Kier alpha value is -1.15. The van der Waals surface area contributed by atoms with Gasteiger partial charge in [0.2, 0.25) is 0 Å². The Labute approximate surface area is 98.8 Å². The van der Waals surface area contributed by atoms with Crippen molar-refractivity contribution >= 4 is 0 Å². The molecular formula is C14H22N2. The zero-order valence-electron chi connectivity index (χ0n) is 10.5. The number of hydrogen-bond donors (Lipinski definition) is 1. The molecule has 88 valence electrons. The van der Waals surface area contributed by atoms with Crippen LogP contribution >= 0.6 is 0 Å². The molecule has 16 heavy (non-hydrogen) atoms. The second-order valence-corrected chi connectivity index (χ2v) is 4.33. The third-order valence-electron chi connectivity index (χ3n) is 2.35. The van der Waals surface area contributed by atoms with Crippen molar-refractivity contribution in [3.8, 4) is 0 Å². The summed E-state index contributed by atoms with van der Waals surface area (Å²) in [6, 6.07) is 6.49. The van der Waals surface area contributed by atoms with Crippen LogP contribution in [-0.2, 0) is 6.42 Å².